The molecule has 0 atom stereocenters. The lowest BCUT2D eigenvalue weighted by Gasteiger charge is -2.00. The van der Waals surface area contributed by atoms with Crippen molar-refractivity contribution in [3.05, 3.63) is 45.2 Å². The van der Waals surface area contributed by atoms with Gasteiger partial charge in [-0.15, -0.1) is 0 Å². The van der Waals surface area contributed by atoms with E-state index in [1.54, 1.807) is 18.2 Å². The van der Waals surface area contributed by atoms with Crippen LogP contribution in [0.5, 0.6) is 5.75 Å². The first-order chi connectivity index (χ1) is 10.1. The van der Waals surface area contributed by atoms with Gasteiger partial charge in [-0.2, -0.15) is 10.2 Å². The predicted molar refractivity (Wildman–Crippen MR) is 81.5 cm³/mol. The molecule has 0 aliphatic heterocycles. The van der Waals surface area contributed by atoms with Gasteiger partial charge in [-0.25, -0.2) is 5.43 Å². The number of aromatic hydroxyl groups is 1. The number of hydrazone groups is 1. The highest BCUT2D eigenvalue weighted by Crippen LogP contribution is 2.22. The maximum absolute atomic E-state index is 12.0. The minimum atomic E-state index is -0.347. The van der Waals surface area contributed by atoms with E-state index in [1.807, 2.05) is 0 Å². The third-order valence-corrected chi connectivity index (χ3v) is 3.87. The Labute approximate surface area is 129 Å². The molecule has 6 nitrogen and oxygen atoms in total. The number of aromatic amines is 1. The highest BCUT2D eigenvalue weighted by atomic mass is 79.9. The maximum Gasteiger partial charge on any atom is 0.292 e. The van der Waals surface area contributed by atoms with Gasteiger partial charge in [-0.1, -0.05) is 15.9 Å². The highest BCUT2D eigenvalue weighted by Gasteiger charge is 2.22. The molecule has 7 heteroatoms. The van der Waals surface area contributed by atoms with E-state index in [-0.39, 0.29) is 11.7 Å². The van der Waals surface area contributed by atoms with Crippen molar-refractivity contribution in [1.29, 1.82) is 0 Å². The molecule has 0 fully saturated rings. The molecule has 2 aromatic rings. The molecule has 0 saturated heterocycles. The van der Waals surface area contributed by atoms with Gasteiger partial charge in [0.2, 0.25) is 0 Å². The molecule has 1 aliphatic rings. The summed E-state index contributed by atoms with van der Waals surface area (Å²) in [6, 6.07) is 4.98. The number of nitrogens with zero attached hydrogens (tertiary/aromatic N) is 2. The summed E-state index contributed by atoms with van der Waals surface area (Å²) in [6.45, 7) is 0. The number of fused-ring (bicyclic) bond motifs is 1. The summed E-state index contributed by atoms with van der Waals surface area (Å²) in [5.74, 6) is -0.253. The fourth-order valence-corrected chi connectivity index (χ4v) is 2.73. The maximum atomic E-state index is 12.0. The van der Waals surface area contributed by atoms with E-state index in [0.29, 0.717) is 11.3 Å². The number of amides is 1. The number of hydrogen-bond acceptors (Lipinski definition) is 4. The molecule has 1 aliphatic carbocycles. The van der Waals surface area contributed by atoms with Crippen LogP contribution in [0.1, 0.15) is 33.7 Å². The Hall–Kier alpha value is -2.15. The standard InChI is InChI=1S/C14H13BrN4O2/c15-9-4-5-12(20)8(6-9)7-16-19-14(21)13-10-2-1-3-11(10)17-18-13/h4-7,20H,1-3H2,(H,17,18)(H,19,21)/b16-7+. The number of nitrogens with one attached hydrogen (secondary N) is 2. The molecule has 1 heterocycles. The lowest BCUT2D eigenvalue weighted by atomic mass is 10.2. The lowest BCUT2D eigenvalue weighted by molar-refractivity contribution is 0.0949. The first kappa shape index (κ1) is 13.8. The molecule has 3 rings (SSSR count). The van der Waals surface area contributed by atoms with Crippen molar-refractivity contribution in [2.75, 3.05) is 0 Å². The first-order valence-corrected chi connectivity index (χ1v) is 7.32. The first-order valence-electron chi connectivity index (χ1n) is 6.53. The Kier molecular flexibility index (Phi) is 3.74. The number of benzene rings is 1. The average Bonchev–Trinajstić information content (AvgIpc) is 3.05. The van der Waals surface area contributed by atoms with Crippen molar-refractivity contribution in [1.82, 2.24) is 15.6 Å². The second kappa shape index (κ2) is 5.69. The number of aromatic nitrogens is 2. The zero-order valence-electron chi connectivity index (χ0n) is 11.1. The van der Waals surface area contributed by atoms with Crippen LogP contribution >= 0.6 is 15.9 Å². The van der Waals surface area contributed by atoms with Crippen LogP contribution in [0.15, 0.2) is 27.8 Å². The normalized spacial score (nSPS) is 13.6. The number of phenolic OH excluding ortho intramolecular Hbond substituents is 1. The Morgan fingerprint density at radius 3 is 3.19 bits per heavy atom. The summed E-state index contributed by atoms with van der Waals surface area (Å²) in [6.07, 6.45) is 4.24. The number of H-pyrrole nitrogens is 1. The SMILES string of the molecule is O=C(N/N=C/c1cc(Br)ccc1O)c1n[nH]c2c1CCC2. The summed E-state index contributed by atoms with van der Waals surface area (Å²) in [5, 5.41) is 20.4. The number of hydrogen-bond donors (Lipinski definition) is 3. The Morgan fingerprint density at radius 1 is 1.48 bits per heavy atom. The van der Waals surface area contributed by atoms with Crippen molar-refractivity contribution in [2.24, 2.45) is 5.10 Å². The second-order valence-electron chi connectivity index (χ2n) is 4.79. The van der Waals surface area contributed by atoms with Crippen LogP contribution in [-0.4, -0.2) is 27.4 Å². The van der Waals surface area contributed by atoms with Gasteiger partial charge >= 0.3 is 0 Å². The molecule has 0 unspecified atom stereocenters. The van der Waals surface area contributed by atoms with Crippen LogP contribution in [0.25, 0.3) is 0 Å². The molecular formula is C14H13BrN4O2. The monoisotopic (exact) mass is 348 g/mol. The lowest BCUT2D eigenvalue weighted by Crippen LogP contribution is -2.19. The fourth-order valence-electron chi connectivity index (χ4n) is 2.35. The molecule has 0 saturated carbocycles. The van der Waals surface area contributed by atoms with Crippen LogP contribution in [0, 0.1) is 0 Å². The molecule has 3 N–H and O–H groups in total. The van der Waals surface area contributed by atoms with E-state index in [2.05, 4.69) is 36.7 Å². The molecule has 0 radical (unpaired) electrons. The summed E-state index contributed by atoms with van der Waals surface area (Å²) >= 11 is 3.31. The van der Waals surface area contributed by atoms with E-state index in [1.165, 1.54) is 6.21 Å². The number of carbonyl (C=O) groups excluding carboxylic acids is 1. The van der Waals surface area contributed by atoms with Crippen LogP contribution in [-0.2, 0) is 12.8 Å². The summed E-state index contributed by atoms with van der Waals surface area (Å²) < 4.78 is 0.818. The Morgan fingerprint density at radius 2 is 2.33 bits per heavy atom. The van der Waals surface area contributed by atoms with E-state index in [9.17, 15) is 9.90 Å². The van der Waals surface area contributed by atoms with Gasteiger partial charge in [0.25, 0.3) is 5.91 Å². The summed E-state index contributed by atoms with van der Waals surface area (Å²) in [5.41, 5.74) is 5.36. The third kappa shape index (κ3) is 2.82. The molecule has 1 aromatic heterocycles. The van der Waals surface area contributed by atoms with E-state index in [0.717, 1.165) is 35.0 Å². The molecule has 21 heavy (non-hydrogen) atoms. The molecular weight excluding hydrogens is 336 g/mol. The molecule has 1 aromatic carbocycles. The van der Waals surface area contributed by atoms with Gasteiger partial charge in [-0.3, -0.25) is 9.89 Å². The largest absolute Gasteiger partial charge is 0.507 e. The van der Waals surface area contributed by atoms with Gasteiger partial charge in [-0.05, 0) is 37.5 Å². The van der Waals surface area contributed by atoms with Crippen molar-refractivity contribution in [3.8, 4) is 5.75 Å². The summed E-state index contributed by atoms with van der Waals surface area (Å²) in [4.78, 5) is 12.0. The van der Waals surface area contributed by atoms with Crippen molar-refractivity contribution >= 4 is 28.1 Å². The smallest absolute Gasteiger partial charge is 0.292 e. The zero-order valence-corrected chi connectivity index (χ0v) is 12.6. The van der Waals surface area contributed by atoms with Gasteiger partial charge in [0, 0.05) is 21.3 Å². The van der Waals surface area contributed by atoms with E-state index >= 15 is 0 Å². The van der Waals surface area contributed by atoms with Crippen LogP contribution in [0.3, 0.4) is 0 Å². The predicted octanol–water partition coefficient (Wildman–Crippen LogP) is 2.13. The van der Waals surface area contributed by atoms with E-state index < -0.39 is 0 Å². The average molecular weight is 349 g/mol. The number of rotatable bonds is 3. The van der Waals surface area contributed by atoms with E-state index in [4.69, 9.17) is 0 Å². The highest BCUT2D eigenvalue weighted by molar-refractivity contribution is 9.10. The Balaban J connectivity index is 1.71. The number of aryl methyl sites for hydroxylation is 1. The molecule has 108 valence electrons. The minimum Gasteiger partial charge on any atom is -0.507 e. The number of carbonyl (C=O) groups is 1. The zero-order chi connectivity index (χ0) is 14.8. The van der Waals surface area contributed by atoms with Crippen molar-refractivity contribution < 1.29 is 9.90 Å². The summed E-state index contributed by atoms with van der Waals surface area (Å²) in [7, 11) is 0. The fraction of sp³-hybridized carbons (Fsp3) is 0.214. The second-order valence-corrected chi connectivity index (χ2v) is 5.70. The topological polar surface area (TPSA) is 90.4 Å². The number of halogens is 1. The number of phenols is 1. The van der Waals surface area contributed by atoms with Crippen molar-refractivity contribution in [3.63, 3.8) is 0 Å². The van der Waals surface area contributed by atoms with Gasteiger partial charge < -0.3 is 5.11 Å². The molecule has 0 spiro atoms. The molecule has 1 amide bonds. The quantitative estimate of drug-likeness (QED) is 0.586. The third-order valence-electron chi connectivity index (χ3n) is 3.38. The molecule has 0 bridgehead atoms. The van der Waals surface area contributed by atoms with Crippen LogP contribution in [0.2, 0.25) is 0 Å². The Bertz CT molecular complexity index is 724. The van der Waals surface area contributed by atoms with Gasteiger partial charge in [0.15, 0.2) is 5.69 Å². The van der Waals surface area contributed by atoms with Crippen molar-refractivity contribution in [2.45, 2.75) is 19.3 Å². The van der Waals surface area contributed by atoms with Gasteiger partial charge in [0.1, 0.15) is 5.75 Å². The van der Waals surface area contributed by atoms with Crippen LogP contribution < -0.4 is 5.43 Å². The minimum absolute atomic E-state index is 0.0943. The van der Waals surface area contributed by atoms with Gasteiger partial charge in [0.05, 0.1) is 6.21 Å². The van der Waals surface area contributed by atoms with Crippen LogP contribution in [0.4, 0.5) is 0 Å².